The summed E-state index contributed by atoms with van der Waals surface area (Å²) in [6.45, 7) is 4.08. The Kier molecular flexibility index (Phi) is 2.92. The van der Waals surface area contributed by atoms with Gasteiger partial charge in [0, 0.05) is 5.56 Å². The number of nitrogens with zero attached hydrogens (tertiary/aromatic N) is 3. The van der Waals surface area contributed by atoms with E-state index in [4.69, 9.17) is 10.3 Å². The minimum atomic E-state index is -0.459. The zero-order chi connectivity index (χ0) is 12.4. The molecule has 17 heavy (non-hydrogen) atoms. The van der Waals surface area contributed by atoms with Gasteiger partial charge in [0.05, 0.1) is 12.8 Å². The molecule has 0 aliphatic carbocycles. The standard InChI is InChI=1S/C10H13N5O2/c1-6-12-7(2)15(14-6)5-8-3-4-17-9(8)10(16)13-11/h3-4H,5,11H2,1-2H3,(H,13,16). The first kappa shape index (κ1) is 11.3. The predicted octanol–water partition coefficient (Wildman–Crippen LogP) is 0.140. The molecule has 7 nitrogen and oxygen atoms in total. The summed E-state index contributed by atoms with van der Waals surface area (Å²) in [7, 11) is 0. The summed E-state index contributed by atoms with van der Waals surface area (Å²) in [4.78, 5) is 15.6. The van der Waals surface area contributed by atoms with Crippen LogP contribution in [0.3, 0.4) is 0 Å². The summed E-state index contributed by atoms with van der Waals surface area (Å²) < 4.78 is 6.78. The molecule has 0 aliphatic rings. The van der Waals surface area contributed by atoms with Gasteiger partial charge >= 0.3 is 5.91 Å². The zero-order valence-electron chi connectivity index (χ0n) is 9.60. The number of nitrogens with one attached hydrogen (secondary N) is 1. The number of aromatic nitrogens is 3. The number of furan rings is 1. The van der Waals surface area contributed by atoms with Gasteiger partial charge in [-0.3, -0.25) is 10.2 Å². The van der Waals surface area contributed by atoms with E-state index in [1.807, 2.05) is 19.3 Å². The van der Waals surface area contributed by atoms with Gasteiger partial charge in [0.2, 0.25) is 0 Å². The van der Waals surface area contributed by atoms with Gasteiger partial charge in [0.1, 0.15) is 11.6 Å². The number of amides is 1. The molecule has 0 aliphatic heterocycles. The van der Waals surface area contributed by atoms with E-state index < -0.39 is 5.91 Å². The van der Waals surface area contributed by atoms with Crippen molar-refractivity contribution >= 4 is 5.91 Å². The topological polar surface area (TPSA) is 99.0 Å². The van der Waals surface area contributed by atoms with E-state index in [1.165, 1.54) is 6.26 Å². The number of hydrogen-bond acceptors (Lipinski definition) is 5. The van der Waals surface area contributed by atoms with Crippen LogP contribution in [0.2, 0.25) is 0 Å². The van der Waals surface area contributed by atoms with Gasteiger partial charge < -0.3 is 4.42 Å². The van der Waals surface area contributed by atoms with E-state index in [-0.39, 0.29) is 5.76 Å². The first-order chi connectivity index (χ1) is 8.11. The highest BCUT2D eigenvalue weighted by molar-refractivity contribution is 5.92. The van der Waals surface area contributed by atoms with Crippen molar-refractivity contribution in [2.24, 2.45) is 5.84 Å². The zero-order valence-corrected chi connectivity index (χ0v) is 9.60. The molecule has 0 unspecified atom stereocenters. The quantitative estimate of drug-likeness (QED) is 0.448. The fraction of sp³-hybridized carbons (Fsp3) is 0.300. The molecule has 3 N–H and O–H groups in total. The molecule has 2 aromatic rings. The van der Waals surface area contributed by atoms with Crippen LogP contribution in [0.1, 0.15) is 27.8 Å². The minimum absolute atomic E-state index is 0.194. The Morgan fingerprint density at radius 1 is 1.59 bits per heavy atom. The third-order valence-corrected chi connectivity index (χ3v) is 2.37. The van der Waals surface area contributed by atoms with E-state index in [1.54, 1.807) is 10.7 Å². The van der Waals surface area contributed by atoms with Crippen LogP contribution in [0.4, 0.5) is 0 Å². The first-order valence-corrected chi connectivity index (χ1v) is 5.07. The van der Waals surface area contributed by atoms with Crippen molar-refractivity contribution in [2.75, 3.05) is 0 Å². The Morgan fingerprint density at radius 2 is 2.35 bits per heavy atom. The van der Waals surface area contributed by atoms with Gasteiger partial charge in [0.15, 0.2) is 5.76 Å². The summed E-state index contributed by atoms with van der Waals surface area (Å²) in [5, 5.41) is 4.21. The normalized spacial score (nSPS) is 10.5. The lowest BCUT2D eigenvalue weighted by molar-refractivity contribution is 0.0924. The van der Waals surface area contributed by atoms with E-state index in [0.29, 0.717) is 17.9 Å². The van der Waals surface area contributed by atoms with Gasteiger partial charge in [-0.1, -0.05) is 0 Å². The van der Waals surface area contributed by atoms with E-state index >= 15 is 0 Å². The molecule has 2 rings (SSSR count). The summed E-state index contributed by atoms with van der Waals surface area (Å²) in [6, 6.07) is 1.71. The molecule has 0 bridgehead atoms. The number of hydrogen-bond donors (Lipinski definition) is 2. The van der Waals surface area contributed by atoms with Gasteiger partial charge in [-0.2, -0.15) is 5.10 Å². The van der Waals surface area contributed by atoms with Crippen molar-refractivity contribution in [3.05, 3.63) is 35.3 Å². The number of carbonyl (C=O) groups excluding carboxylic acids is 1. The molecule has 7 heteroatoms. The van der Waals surface area contributed by atoms with Crippen molar-refractivity contribution in [3.63, 3.8) is 0 Å². The van der Waals surface area contributed by atoms with Gasteiger partial charge in [-0.25, -0.2) is 15.5 Å². The monoisotopic (exact) mass is 235 g/mol. The lowest BCUT2D eigenvalue weighted by atomic mass is 10.2. The number of hydrazine groups is 1. The molecular formula is C10H13N5O2. The third-order valence-electron chi connectivity index (χ3n) is 2.37. The SMILES string of the molecule is Cc1nc(C)n(Cc2ccoc2C(=O)NN)n1. The molecule has 2 heterocycles. The maximum Gasteiger partial charge on any atom is 0.301 e. The van der Waals surface area contributed by atoms with Crippen LogP contribution >= 0.6 is 0 Å². The molecule has 0 spiro atoms. The molecule has 0 radical (unpaired) electrons. The molecule has 1 amide bonds. The second-order valence-electron chi connectivity index (χ2n) is 3.61. The Balaban J connectivity index is 2.27. The molecule has 0 saturated carbocycles. The third kappa shape index (κ3) is 2.18. The first-order valence-electron chi connectivity index (χ1n) is 5.07. The summed E-state index contributed by atoms with van der Waals surface area (Å²) >= 11 is 0. The van der Waals surface area contributed by atoms with Gasteiger partial charge in [-0.05, 0) is 19.9 Å². The number of nitrogens with two attached hydrogens (primary N) is 1. The highest BCUT2D eigenvalue weighted by atomic mass is 16.3. The van der Waals surface area contributed by atoms with Crippen molar-refractivity contribution in [2.45, 2.75) is 20.4 Å². The van der Waals surface area contributed by atoms with Crippen LogP contribution in [0.25, 0.3) is 0 Å². The van der Waals surface area contributed by atoms with E-state index in [0.717, 1.165) is 5.82 Å². The minimum Gasteiger partial charge on any atom is -0.459 e. The maximum absolute atomic E-state index is 11.4. The van der Waals surface area contributed by atoms with Gasteiger partial charge in [0.25, 0.3) is 0 Å². The molecule has 90 valence electrons. The largest absolute Gasteiger partial charge is 0.459 e. The lowest BCUT2D eigenvalue weighted by Crippen LogP contribution is -2.30. The highest BCUT2D eigenvalue weighted by Crippen LogP contribution is 2.12. The van der Waals surface area contributed by atoms with Crippen molar-refractivity contribution in [1.82, 2.24) is 20.2 Å². The Morgan fingerprint density at radius 3 is 2.94 bits per heavy atom. The van der Waals surface area contributed by atoms with Crippen molar-refractivity contribution in [3.8, 4) is 0 Å². The van der Waals surface area contributed by atoms with E-state index in [9.17, 15) is 4.79 Å². The van der Waals surface area contributed by atoms with Crippen molar-refractivity contribution in [1.29, 1.82) is 0 Å². The van der Waals surface area contributed by atoms with Crippen LogP contribution < -0.4 is 11.3 Å². The molecular weight excluding hydrogens is 222 g/mol. The number of rotatable bonds is 3. The Hall–Kier alpha value is -2.15. The molecule has 0 aromatic carbocycles. The molecule has 0 saturated heterocycles. The van der Waals surface area contributed by atoms with Crippen LogP contribution in [0.15, 0.2) is 16.7 Å². The summed E-state index contributed by atoms with van der Waals surface area (Å²) in [5.41, 5.74) is 2.74. The van der Waals surface area contributed by atoms with Crippen LogP contribution in [0.5, 0.6) is 0 Å². The Bertz CT molecular complexity index is 543. The number of aryl methyl sites for hydroxylation is 2. The number of carbonyl (C=O) groups is 1. The van der Waals surface area contributed by atoms with E-state index in [2.05, 4.69) is 10.1 Å². The fourth-order valence-electron chi connectivity index (χ4n) is 1.60. The van der Waals surface area contributed by atoms with Crippen molar-refractivity contribution < 1.29 is 9.21 Å². The second-order valence-corrected chi connectivity index (χ2v) is 3.61. The Labute approximate surface area is 97.6 Å². The average molecular weight is 235 g/mol. The smallest absolute Gasteiger partial charge is 0.301 e. The number of nitrogen functional groups attached to an aromatic ring is 1. The molecule has 0 atom stereocenters. The molecule has 2 aromatic heterocycles. The van der Waals surface area contributed by atoms with Crippen LogP contribution in [-0.2, 0) is 6.54 Å². The van der Waals surface area contributed by atoms with Crippen LogP contribution in [-0.4, -0.2) is 20.7 Å². The predicted molar refractivity (Wildman–Crippen MR) is 59.0 cm³/mol. The van der Waals surface area contributed by atoms with Crippen LogP contribution in [0, 0.1) is 13.8 Å². The highest BCUT2D eigenvalue weighted by Gasteiger charge is 2.15. The summed E-state index contributed by atoms with van der Waals surface area (Å²) in [5.74, 6) is 6.27. The molecule has 0 fully saturated rings. The second kappa shape index (κ2) is 4.38. The van der Waals surface area contributed by atoms with Gasteiger partial charge in [-0.15, -0.1) is 0 Å². The average Bonchev–Trinajstić information content (AvgIpc) is 2.86. The summed E-state index contributed by atoms with van der Waals surface area (Å²) in [6.07, 6.45) is 1.44. The fourth-order valence-corrected chi connectivity index (χ4v) is 1.60. The lowest BCUT2D eigenvalue weighted by Gasteiger charge is -2.03. The maximum atomic E-state index is 11.4.